The standard InChI is InChI=1S/C26H29F2N3O2/c1-32-21-6-8-25-22(15-21)17(10-12-31-25)14-24(29)26-9-5-20(16-33-26)30-11-2-3-18-13-19(27)4-7-23(18)28/h2-4,6-8,10,12-13,15,20,24,26,30H,5,9,11,14,16,29H2,1H3/t20-,24+,26+/m1/s1. The number of nitrogens with one attached hydrogen (secondary N) is 1. The van der Waals surface area contributed by atoms with E-state index in [1.54, 1.807) is 19.3 Å². The number of benzene rings is 2. The van der Waals surface area contributed by atoms with Crippen LogP contribution in [0, 0.1) is 11.6 Å². The fraction of sp³-hybridized carbons (Fsp3) is 0.346. The summed E-state index contributed by atoms with van der Waals surface area (Å²) >= 11 is 0. The second kappa shape index (κ2) is 10.8. The van der Waals surface area contributed by atoms with Crippen LogP contribution in [0.2, 0.25) is 0 Å². The van der Waals surface area contributed by atoms with Gasteiger partial charge in [-0.25, -0.2) is 8.78 Å². The maximum atomic E-state index is 13.7. The third kappa shape index (κ3) is 5.93. The van der Waals surface area contributed by atoms with E-state index in [0.29, 0.717) is 19.6 Å². The number of methoxy groups -OCH3 is 1. The molecular formula is C26H29F2N3O2. The van der Waals surface area contributed by atoms with Crippen LogP contribution in [-0.2, 0) is 11.2 Å². The van der Waals surface area contributed by atoms with E-state index in [1.807, 2.05) is 30.5 Å². The van der Waals surface area contributed by atoms with Crippen LogP contribution in [0.1, 0.15) is 24.0 Å². The van der Waals surface area contributed by atoms with Gasteiger partial charge in [0, 0.05) is 35.8 Å². The zero-order chi connectivity index (χ0) is 23.2. The van der Waals surface area contributed by atoms with Crippen molar-refractivity contribution in [2.24, 2.45) is 5.73 Å². The lowest BCUT2D eigenvalue weighted by Crippen LogP contribution is -2.47. The summed E-state index contributed by atoms with van der Waals surface area (Å²) in [6, 6.07) is 11.3. The zero-order valence-corrected chi connectivity index (χ0v) is 18.6. The lowest BCUT2D eigenvalue weighted by atomic mass is 9.94. The van der Waals surface area contributed by atoms with Crippen LogP contribution in [-0.4, -0.2) is 43.4 Å². The first-order valence-electron chi connectivity index (χ1n) is 11.2. The van der Waals surface area contributed by atoms with Crippen LogP contribution in [0.3, 0.4) is 0 Å². The van der Waals surface area contributed by atoms with E-state index in [4.69, 9.17) is 15.2 Å². The molecule has 0 aliphatic carbocycles. The Morgan fingerprint density at radius 3 is 2.88 bits per heavy atom. The van der Waals surface area contributed by atoms with Gasteiger partial charge >= 0.3 is 0 Å². The predicted molar refractivity (Wildman–Crippen MR) is 126 cm³/mol. The summed E-state index contributed by atoms with van der Waals surface area (Å²) in [4.78, 5) is 4.43. The summed E-state index contributed by atoms with van der Waals surface area (Å²) in [5, 5.41) is 4.43. The molecule has 1 fully saturated rings. The molecule has 33 heavy (non-hydrogen) atoms. The molecule has 1 aliphatic rings. The fourth-order valence-corrected chi connectivity index (χ4v) is 4.21. The van der Waals surface area contributed by atoms with Crippen LogP contribution in [0.4, 0.5) is 8.78 Å². The van der Waals surface area contributed by atoms with Gasteiger partial charge in [-0.05, 0) is 67.3 Å². The van der Waals surface area contributed by atoms with Crippen LogP contribution in [0.5, 0.6) is 5.75 Å². The number of fused-ring (bicyclic) bond motifs is 1. The second-order valence-electron chi connectivity index (χ2n) is 8.34. The van der Waals surface area contributed by atoms with Crippen molar-refractivity contribution in [2.45, 2.75) is 37.5 Å². The van der Waals surface area contributed by atoms with Crippen molar-refractivity contribution in [1.82, 2.24) is 10.3 Å². The van der Waals surface area contributed by atoms with Crippen molar-refractivity contribution >= 4 is 17.0 Å². The summed E-state index contributed by atoms with van der Waals surface area (Å²) in [6.07, 6.45) is 7.64. The van der Waals surface area contributed by atoms with E-state index in [-0.39, 0.29) is 23.8 Å². The van der Waals surface area contributed by atoms with Gasteiger partial charge in [0.05, 0.1) is 25.3 Å². The number of halogens is 2. The van der Waals surface area contributed by atoms with Gasteiger partial charge in [-0.15, -0.1) is 0 Å². The Morgan fingerprint density at radius 2 is 2.09 bits per heavy atom. The van der Waals surface area contributed by atoms with Gasteiger partial charge in [-0.2, -0.15) is 0 Å². The van der Waals surface area contributed by atoms with Gasteiger partial charge in [0.1, 0.15) is 17.4 Å². The molecule has 4 rings (SSSR count). The highest BCUT2D eigenvalue weighted by atomic mass is 19.1. The van der Waals surface area contributed by atoms with Crippen molar-refractivity contribution in [3.63, 3.8) is 0 Å². The Labute approximate surface area is 192 Å². The molecule has 0 saturated carbocycles. The van der Waals surface area contributed by atoms with Crippen molar-refractivity contribution in [3.8, 4) is 5.75 Å². The Hall–Kier alpha value is -2.87. The van der Waals surface area contributed by atoms with E-state index < -0.39 is 11.6 Å². The first kappa shape index (κ1) is 23.3. The van der Waals surface area contributed by atoms with E-state index in [9.17, 15) is 8.78 Å². The Balaban J connectivity index is 1.27. The highest BCUT2D eigenvalue weighted by Gasteiger charge is 2.26. The van der Waals surface area contributed by atoms with Crippen molar-refractivity contribution in [2.75, 3.05) is 20.3 Å². The molecule has 2 heterocycles. The number of pyridine rings is 1. The molecule has 0 spiro atoms. The minimum absolute atomic E-state index is 0.0196. The highest BCUT2D eigenvalue weighted by molar-refractivity contribution is 5.83. The quantitative estimate of drug-likeness (QED) is 0.534. The van der Waals surface area contributed by atoms with Gasteiger partial charge in [-0.3, -0.25) is 4.98 Å². The Morgan fingerprint density at radius 1 is 1.21 bits per heavy atom. The molecule has 3 aromatic rings. The lowest BCUT2D eigenvalue weighted by molar-refractivity contribution is -0.0156. The molecule has 7 heteroatoms. The van der Waals surface area contributed by atoms with Crippen LogP contribution < -0.4 is 15.8 Å². The predicted octanol–water partition coefficient (Wildman–Crippen LogP) is 4.24. The molecule has 5 nitrogen and oxygen atoms in total. The molecule has 0 bridgehead atoms. The summed E-state index contributed by atoms with van der Waals surface area (Å²) in [6.45, 7) is 1.11. The third-order valence-corrected chi connectivity index (χ3v) is 6.06. The molecular weight excluding hydrogens is 424 g/mol. The molecule has 0 unspecified atom stereocenters. The molecule has 3 atom stereocenters. The fourth-order valence-electron chi connectivity index (χ4n) is 4.21. The Bertz CT molecular complexity index is 1110. The summed E-state index contributed by atoms with van der Waals surface area (Å²) < 4.78 is 38.3. The van der Waals surface area contributed by atoms with Crippen molar-refractivity contribution in [3.05, 3.63) is 77.5 Å². The van der Waals surface area contributed by atoms with Crippen LogP contribution >= 0.6 is 0 Å². The molecule has 1 saturated heterocycles. The average molecular weight is 454 g/mol. The third-order valence-electron chi connectivity index (χ3n) is 6.06. The van der Waals surface area contributed by atoms with E-state index >= 15 is 0 Å². The highest BCUT2D eigenvalue weighted by Crippen LogP contribution is 2.25. The molecule has 3 N–H and O–H groups in total. The molecule has 0 amide bonds. The number of hydrogen-bond donors (Lipinski definition) is 2. The van der Waals surface area contributed by atoms with Gasteiger partial charge in [0.2, 0.25) is 0 Å². The summed E-state index contributed by atoms with van der Waals surface area (Å²) in [7, 11) is 1.65. The number of nitrogens with two attached hydrogens (primary N) is 1. The molecule has 1 aliphatic heterocycles. The number of hydrogen-bond acceptors (Lipinski definition) is 5. The number of ether oxygens (including phenoxy) is 2. The maximum Gasteiger partial charge on any atom is 0.130 e. The molecule has 1 aromatic heterocycles. The van der Waals surface area contributed by atoms with Gasteiger partial charge in [-0.1, -0.05) is 12.2 Å². The van der Waals surface area contributed by atoms with Crippen molar-refractivity contribution < 1.29 is 18.3 Å². The van der Waals surface area contributed by atoms with Crippen LogP contribution in [0.15, 0.2) is 54.7 Å². The summed E-state index contributed by atoms with van der Waals surface area (Å²) in [5.41, 5.74) is 8.81. The monoisotopic (exact) mass is 453 g/mol. The SMILES string of the molecule is COc1ccc2nccc(C[C@H](N)[C@@H]3CC[C@@H](NCC=Cc4cc(F)ccc4F)CO3)c2c1. The maximum absolute atomic E-state index is 13.7. The van der Waals surface area contributed by atoms with E-state index in [1.165, 1.54) is 6.07 Å². The summed E-state index contributed by atoms with van der Waals surface area (Å²) in [5.74, 6) is -0.0980. The molecule has 0 radical (unpaired) electrons. The number of rotatable bonds is 8. The van der Waals surface area contributed by atoms with E-state index in [2.05, 4.69) is 10.3 Å². The average Bonchev–Trinajstić information content (AvgIpc) is 2.84. The van der Waals surface area contributed by atoms with Gasteiger partial charge in [0.25, 0.3) is 0 Å². The second-order valence-corrected chi connectivity index (χ2v) is 8.34. The van der Waals surface area contributed by atoms with Crippen molar-refractivity contribution in [1.29, 1.82) is 0 Å². The number of aromatic nitrogens is 1. The zero-order valence-electron chi connectivity index (χ0n) is 18.6. The van der Waals surface area contributed by atoms with Gasteiger partial charge < -0.3 is 20.5 Å². The largest absolute Gasteiger partial charge is 0.497 e. The molecule has 174 valence electrons. The first-order valence-corrected chi connectivity index (χ1v) is 11.2. The van der Waals surface area contributed by atoms with Gasteiger partial charge in [0.15, 0.2) is 0 Å². The van der Waals surface area contributed by atoms with E-state index in [0.717, 1.165) is 47.2 Å². The minimum Gasteiger partial charge on any atom is -0.497 e. The lowest BCUT2D eigenvalue weighted by Gasteiger charge is -2.33. The van der Waals surface area contributed by atoms with Crippen LogP contribution in [0.25, 0.3) is 17.0 Å². The first-order chi connectivity index (χ1) is 16.0. The smallest absolute Gasteiger partial charge is 0.130 e. The number of nitrogens with zero attached hydrogens (tertiary/aromatic N) is 1. The Kier molecular flexibility index (Phi) is 7.65. The normalized spacial score (nSPS) is 19.8. The molecule has 2 aromatic carbocycles. The topological polar surface area (TPSA) is 69.4 Å². The minimum atomic E-state index is -0.453.